The standard InChI is InChI=1S/C10H19NO4S/c1-8(15-9(2)12)10-4-6-11(7-5-10)16(3,13)14/h8,10H,4-7H2,1-3H3. The van der Waals surface area contributed by atoms with Crippen LogP contribution in [0.15, 0.2) is 0 Å². The lowest BCUT2D eigenvalue weighted by Crippen LogP contribution is -2.40. The first-order chi connectivity index (χ1) is 7.30. The van der Waals surface area contributed by atoms with Gasteiger partial charge in [0.15, 0.2) is 0 Å². The molecule has 1 saturated heterocycles. The zero-order valence-corrected chi connectivity index (χ0v) is 10.8. The maximum Gasteiger partial charge on any atom is 0.302 e. The Balaban J connectivity index is 2.46. The molecular weight excluding hydrogens is 230 g/mol. The van der Waals surface area contributed by atoms with Crippen molar-refractivity contribution in [2.45, 2.75) is 32.8 Å². The van der Waals surface area contributed by atoms with Gasteiger partial charge in [0.05, 0.1) is 6.26 Å². The van der Waals surface area contributed by atoms with Crippen LogP contribution in [0, 0.1) is 5.92 Å². The minimum Gasteiger partial charge on any atom is -0.463 e. The topological polar surface area (TPSA) is 63.7 Å². The third-order valence-electron chi connectivity index (χ3n) is 2.98. The smallest absolute Gasteiger partial charge is 0.302 e. The molecule has 0 amide bonds. The van der Waals surface area contributed by atoms with Crippen LogP contribution in [0.25, 0.3) is 0 Å². The normalized spacial score (nSPS) is 21.7. The Morgan fingerprint density at radius 2 is 1.88 bits per heavy atom. The third-order valence-corrected chi connectivity index (χ3v) is 4.29. The highest BCUT2D eigenvalue weighted by molar-refractivity contribution is 7.88. The second-order valence-electron chi connectivity index (χ2n) is 4.31. The van der Waals surface area contributed by atoms with Crippen LogP contribution < -0.4 is 0 Å². The molecule has 5 nitrogen and oxygen atoms in total. The molecule has 0 radical (unpaired) electrons. The summed E-state index contributed by atoms with van der Waals surface area (Å²) in [6, 6.07) is 0. The highest BCUT2D eigenvalue weighted by Crippen LogP contribution is 2.23. The zero-order valence-electron chi connectivity index (χ0n) is 9.97. The fourth-order valence-corrected chi connectivity index (χ4v) is 2.91. The number of esters is 1. The molecule has 1 heterocycles. The van der Waals surface area contributed by atoms with E-state index >= 15 is 0 Å². The molecule has 1 fully saturated rings. The predicted octanol–water partition coefficient (Wildman–Crippen LogP) is 0.610. The summed E-state index contributed by atoms with van der Waals surface area (Å²) in [7, 11) is -3.07. The van der Waals surface area contributed by atoms with Crippen LogP contribution in [-0.4, -0.2) is 44.1 Å². The van der Waals surface area contributed by atoms with E-state index in [1.165, 1.54) is 17.5 Å². The molecule has 16 heavy (non-hydrogen) atoms. The summed E-state index contributed by atoms with van der Waals surface area (Å²) in [5.74, 6) is -0.0139. The molecule has 1 atom stereocenters. The summed E-state index contributed by atoms with van der Waals surface area (Å²) < 4.78 is 29.1. The highest BCUT2D eigenvalue weighted by Gasteiger charge is 2.29. The fourth-order valence-electron chi connectivity index (χ4n) is 2.03. The molecule has 0 aromatic carbocycles. The molecule has 0 saturated carbocycles. The van der Waals surface area contributed by atoms with E-state index in [0.29, 0.717) is 13.1 Å². The van der Waals surface area contributed by atoms with Gasteiger partial charge in [0.2, 0.25) is 10.0 Å². The van der Waals surface area contributed by atoms with E-state index in [-0.39, 0.29) is 18.0 Å². The van der Waals surface area contributed by atoms with Gasteiger partial charge < -0.3 is 4.74 Å². The summed E-state index contributed by atoms with van der Waals surface area (Å²) >= 11 is 0. The number of piperidine rings is 1. The summed E-state index contributed by atoms with van der Waals surface area (Å²) in [5, 5.41) is 0. The van der Waals surface area contributed by atoms with E-state index in [1.807, 2.05) is 6.92 Å². The number of rotatable bonds is 3. The van der Waals surface area contributed by atoms with Crippen LogP contribution in [-0.2, 0) is 19.6 Å². The third kappa shape index (κ3) is 3.75. The Labute approximate surface area is 96.8 Å². The van der Waals surface area contributed by atoms with Crippen LogP contribution in [0.5, 0.6) is 0 Å². The van der Waals surface area contributed by atoms with E-state index in [4.69, 9.17) is 4.74 Å². The summed E-state index contributed by atoms with van der Waals surface area (Å²) in [6.07, 6.45) is 2.60. The number of sulfonamides is 1. The van der Waals surface area contributed by atoms with Crippen LogP contribution in [0.2, 0.25) is 0 Å². The molecule has 0 aromatic rings. The Kier molecular flexibility index (Phi) is 4.32. The van der Waals surface area contributed by atoms with Gasteiger partial charge in [0.1, 0.15) is 6.10 Å². The quantitative estimate of drug-likeness (QED) is 0.687. The van der Waals surface area contributed by atoms with Gasteiger partial charge in [-0.15, -0.1) is 0 Å². The largest absolute Gasteiger partial charge is 0.463 e. The molecule has 1 aliphatic heterocycles. The van der Waals surface area contributed by atoms with Gasteiger partial charge in [-0.05, 0) is 25.7 Å². The molecule has 1 rings (SSSR count). The number of nitrogens with zero attached hydrogens (tertiary/aromatic N) is 1. The lowest BCUT2D eigenvalue weighted by atomic mass is 9.93. The highest BCUT2D eigenvalue weighted by atomic mass is 32.2. The Morgan fingerprint density at radius 1 is 1.38 bits per heavy atom. The number of carbonyl (C=O) groups excluding carboxylic acids is 1. The molecule has 0 spiro atoms. The second-order valence-corrected chi connectivity index (χ2v) is 6.30. The van der Waals surface area contributed by atoms with Crippen molar-refractivity contribution in [3.8, 4) is 0 Å². The minimum absolute atomic E-state index is 0.126. The minimum atomic E-state index is -3.07. The van der Waals surface area contributed by atoms with Crippen LogP contribution in [0.4, 0.5) is 0 Å². The lowest BCUT2D eigenvalue weighted by molar-refractivity contribution is -0.148. The summed E-state index contributed by atoms with van der Waals surface area (Å²) in [6.45, 7) is 4.30. The maximum absolute atomic E-state index is 11.3. The Bertz CT molecular complexity index is 344. The SMILES string of the molecule is CC(=O)OC(C)C1CCN(S(C)(=O)=O)CC1. The van der Waals surface area contributed by atoms with E-state index in [0.717, 1.165) is 12.8 Å². The number of hydrogen-bond donors (Lipinski definition) is 0. The monoisotopic (exact) mass is 249 g/mol. The molecular formula is C10H19NO4S. The number of ether oxygens (including phenoxy) is 1. The van der Waals surface area contributed by atoms with Crippen molar-refractivity contribution < 1.29 is 17.9 Å². The molecule has 0 bridgehead atoms. The Hall–Kier alpha value is -0.620. The van der Waals surface area contributed by atoms with E-state index < -0.39 is 10.0 Å². The van der Waals surface area contributed by atoms with Crippen molar-refractivity contribution in [2.24, 2.45) is 5.92 Å². The van der Waals surface area contributed by atoms with Crippen molar-refractivity contribution >= 4 is 16.0 Å². The van der Waals surface area contributed by atoms with Crippen molar-refractivity contribution in [3.05, 3.63) is 0 Å². The number of hydrogen-bond acceptors (Lipinski definition) is 4. The first-order valence-corrected chi connectivity index (χ1v) is 7.28. The molecule has 1 unspecified atom stereocenters. The first kappa shape index (κ1) is 13.4. The molecule has 6 heteroatoms. The van der Waals surface area contributed by atoms with Crippen molar-refractivity contribution in [2.75, 3.05) is 19.3 Å². The average molecular weight is 249 g/mol. The van der Waals surface area contributed by atoms with Gasteiger partial charge in [0, 0.05) is 20.0 Å². The summed E-state index contributed by atoms with van der Waals surface area (Å²) in [4.78, 5) is 10.8. The fraction of sp³-hybridized carbons (Fsp3) is 0.900. The van der Waals surface area contributed by atoms with E-state index in [9.17, 15) is 13.2 Å². The molecule has 0 aliphatic carbocycles. The zero-order chi connectivity index (χ0) is 12.3. The van der Waals surface area contributed by atoms with Gasteiger partial charge in [-0.1, -0.05) is 0 Å². The van der Waals surface area contributed by atoms with Gasteiger partial charge >= 0.3 is 5.97 Å². The van der Waals surface area contributed by atoms with Gasteiger partial charge in [-0.3, -0.25) is 4.79 Å². The maximum atomic E-state index is 11.3. The average Bonchev–Trinajstić information content (AvgIpc) is 2.15. The van der Waals surface area contributed by atoms with Gasteiger partial charge in [-0.25, -0.2) is 12.7 Å². The molecule has 94 valence electrons. The van der Waals surface area contributed by atoms with E-state index in [1.54, 1.807) is 0 Å². The van der Waals surface area contributed by atoms with Gasteiger partial charge in [-0.2, -0.15) is 0 Å². The van der Waals surface area contributed by atoms with E-state index in [2.05, 4.69) is 0 Å². The molecule has 0 N–H and O–H groups in total. The van der Waals surface area contributed by atoms with Crippen LogP contribution in [0.3, 0.4) is 0 Å². The Morgan fingerprint density at radius 3 is 2.25 bits per heavy atom. The van der Waals surface area contributed by atoms with Crippen molar-refractivity contribution in [1.82, 2.24) is 4.31 Å². The van der Waals surface area contributed by atoms with Crippen LogP contribution in [0.1, 0.15) is 26.7 Å². The summed E-state index contributed by atoms with van der Waals surface area (Å²) in [5.41, 5.74) is 0. The van der Waals surface area contributed by atoms with Gasteiger partial charge in [0.25, 0.3) is 0 Å². The molecule has 0 aromatic heterocycles. The molecule has 1 aliphatic rings. The lowest BCUT2D eigenvalue weighted by Gasteiger charge is -2.32. The first-order valence-electron chi connectivity index (χ1n) is 5.43. The predicted molar refractivity (Wildman–Crippen MR) is 60.4 cm³/mol. The van der Waals surface area contributed by atoms with Crippen LogP contribution >= 0.6 is 0 Å². The second kappa shape index (κ2) is 5.14. The number of carbonyl (C=O) groups is 1. The van der Waals surface area contributed by atoms with Crippen molar-refractivity contribution in [3.63, 3.8) is 0 Å². The van der Waals surface area contributed by atoms with Crippen molar-refractivity contribution in [1.29, 1.82) is 0 Å².